The van der Waals surface area contributed by atoms with E-state index in [4.69, 9.17) is 4.74 Å². The van der Waals surface area contributed by atoms with Gasteiger partial charge in [-0.1, -0.05) is 19.8 Å². The van der Waals surface area contributed by atoms with Crippen molar-refractivity contribution in [2.45, 2.75) is 51.9 Å². The van der Waals surface area contributed by atoms with Gasteiger partial charge in [0.1, 0.15) is 10.8 Å². The molecule has 1 aromatic carbocycles. The minimum atomic E-state index is -0.207. The van der Waals surface area contributed by atoms with Crippen molar-refractivity contribution < 1.29 is 14.3 Å². The lowest BCUT2D eigenvalue weighted by molar-refractivity contribution is 0.0963. The van der Waals surface area contributed by atoms with E-state index >= 15 is 0 Å². The molecule has 2 amide bonds. The molecule has 5 nitrogen and oxygen atoms in total. The topological polar surface area (TPSA) is 67.4 Å². The minimum Gasteiger partial charge on any atom is -0.494 e. The molecule has 1 aliphatic rings. The van der Waals surface area contributed by atoms with E-state index in [0.717, 1.165) is 49.8 Å². The predicted octanol–water partition coefficient (Wildman–Crippen LogP) is 4.81. The summed E-state index contributed by atoms with van der Waals surface area (Å²) in [7, 11) is 1.63. The second-order valence-corrected chi connectivity index (χ2v) is 8.13. The zero-order valence-electron chi connectivity index (χ0n) is 16.6. The summed E-state index contributed by atoms with van der Waals surface area (Å²) < 4.78 is 5.65. The van der Waals surface area contributed by atoms with Crippen LogP contribution in [-0.2, 0) is 12.8 Å². The van der Waals surface area contributed by atoms with Gasteiger partial charge in [0.05, 0.1) is 12.2 Å². The van der Waals surface area contributed by atoms with Crippen LogP contribution < -0.4 is 15.4 Å². The highest BCUT2D eigenvalue weighted by molar-refractivity contribution is 7.17. The second kappa shape index (κ2) is 9.73. The third-order valence-electron chi connectivity index (χ3n) is 4.99. The minimum absolute atomic E-state index is 0.130. The number of aryl methyl sites for hydroxylation is 1. The Morgan fingerprint density at radius 1 is 1.07 bits per heavy atom. The van der Waals surface area contributed by atoms with Crippen molar-refractivity contribution in [1.82, 2.24) is 5.32 Å². The Morgan fingerprint density at radius 2 is 1.82 bits per heavy atom. The number of hydrogen-bond donors (Lipinski definition) is 2. The van der Waals surface area contributed by atoms with Gasteiger partial charge in [0.2, 0.25) is 0 Å². The number of nitrogens with one attached hydrogen (secondary N) is 2. The molecule has 1 aliphatic carbocycles. The molecule has 0 fully saturated rings. The fraction of sp³-hybridized carbons (Fsp3) is 0.455. The molecule has 0 atom stereocenters. The summed E-state index contributed by atoms with van der Waals surface area (Å²) in [6, 6.07) is 7.14. The molecule has 0 aliphatic heterocycles. The molecule has 2 N–H and O–H groups in total. The van der Waals surface area contributed by atoms with E-state index in [1.807, 2.05) is 12.1 Å². The molecule has 0 bridgehead atoms. The summed E-state index contributed by atoms with van der Waals surface area (Å²) >= 11 is 1.54. The van der Waals surface area contributed by atoms with Crippen molar-refractivity contribution in [3.8, 4) is 5.75 Å². The van der Waals surface area contributed by atoms with Gasteiger partial charge < -0.3 is 15.4 Å². The maximum absolute atomic E-state index is 12.8. The lowest BCUT2D eigenvalue weighted by atomic mass is 10.0. The average Bonchev–Trinajstić information content (AvgIpc) is 2.88. The van der Waals surface area contributed by atoms with Gasteiger partial charge >= 0.3 is 0 Å². The van der Waals surface area contributed by atoms with Crippen molar-refractivity contribution in [3.63, 3.8) is 0 Å². The van der Waals surface area contributed by atoms with Crippen LogP contribution in [0.3, 0.4) is 0 Å². The zero-order valence-corrected chi connectivity index (χ0v) is 17.4. The van der Waals surface area contributed by atoms with E-state index in [0.29, 0.717) is 22.7 Å². The predicted molar refractivity (Wildman–Crippen MR) is 114 cm³/mol. The Labute approximate surface area is 170 Å². The van der Waals surface area contributed by atoms with Crippen LogP contribution in [0.4, 0.5) is 5.00 Å². The van der Waals surface area contributed by atoms with Crippen molar-refractivity contribution in [1.29, 1.82) is 0 Å². The van der Waals surface area contributed by atoms with Crippen LogP contribution in [-0.4, -0.2) is 25.5 Å². The number of anilines is 1. The monoisotopic (exact) mass is 400 g/mol. The first-order chi connectivity index (χ1) is 13.6. The zero-order chi connectivity index (χ0) is 19.9. The third kappa shape index (κ3) is 4.73. The average molecular weight is 401 g/mol. The number of ether oxygens (including phenoxy) is 1. The molecule has 3 rings (SSSR count). The maximum Gasteiger partial charge on any atom is 0.256 e. The number of fused-ring (bicyclic) bond motifs is 1. The first-order valence-electron chi connectivity index (χ1n) is 10.0. The van der Waals surface area contributed by atoms with Crippen LogP contribution in [0.5, 0.6) is 5.75 Å². The van der Waals surface area contributed by atoms with Crippen LogP contribution in [0.1, 0.15) is 70.2 Å². The summed E-state index contributed by atoms with van der Waals surface area (Å²) in [5.74, 6) is 0.426. The van der Waals surface area contributed by atoms with Gasteiger partial charge in [0.25, 0.3) is 11.8 Å². The van der Waals surface area contributed by atoms with Gasteiger partial charge in [0.15, 0.2) is 0 Å². The van der Waals surface area contributed by atoms with Gasteiger partial charge in [0, 0.05) is 17.5 Å². The van der Waals surface area contributed by atoms with Crippen LogP contribution in [0.2, 0.25) is 0 Å². The Bertz CT molecular complexity index is 827. The van der Waals surface area contributed by atoms with Gasteiger partial charge in [-0.05, 0) is 61.9 Å². The van der Waals surface area contributed by atoms with E-state index in [-0.39, 0.29) is 11.8 Å². The Morgan fingerprint density at radius 3 is 2.54 bits per heavy atom. The van der Waals surface area contributed by atoms with Crippen LogP contribution >= 0.6 is 11.3 Å². The standard InChI is InChI=1S/C22H28N2O3S/c1-3-4-14-27-16-12-10-15(11-13-16)20(25)24-22-19(21(26)23-2)17-8-6-5-7-9-18(17)28-22/h10-13H,3-9,14H2,1-2H3,(H,23,26)(H,24,25). The van der Waals surface area contributed by atoms with Crippen molar-refractivity contribution in [3.05, 3.63) is 45.8 Å². The summed E-state index contributed by atoms with van der Waals surface area (Å²) in [6.45, 7) is 2.80. The summed E-state index contributed by atoms with van der Waals surface area (Å²) in [4.78, 5) is 26.5. The first kappa shape index (κ1) is 20.4. The molecular formula is C22H28N2O3S. The van der Waals surface area contributed by atoms with Gasteiger partial charge in [-0.2, -0.15) is 0 Å². The van der Waals surface area contributed by atoms with Crippen LogP contribution in [0.25, 0.3) is 0 Å². The molecule has 1 heterocycles. The molecule has 28 heavy (non-hydrogen) atoms. The van der Waals surface area contributed by atoms with Crippen molar-refractivity contribution in [2.24, 2.45) is 0 Å². The number of thiophene rings is 1. The largest absolute Gasteiger partial charge is 0.494 e. The molecule has 6 heteroatoms. The molecule has 0 spiro atoms. The van der Waals surface area contributed by atoms with E-state index in [1.54, 1.807) is 30.5 Å². The normalized spacial score (nSPS) is 13.4. The van der Waals surface area contributed by atoms with Crippen molar-refractivity contribution >= 4 is 28.2 Å². The highest BCUT2D eigenvalue weighted by Crippen LogP contribution is 2.37. The SMILES string of the molecule is CCCCOc1ccc(C(=O)Nc2sc3c(c2C(=O)NC)CCCCC3)cc1. The van der Waals surface area contributed by atoms with E-state index in [2.05, 4.69) is 17.6 Å². The van der Waals surface area contributed by atoms with Gasteiger partial charge in [-0.15, -0.1) is 11.3 Å². The van der Waals surface area contributed by atoms with Gasteiger partial charge in [-0.3, -0.25) is 9.59 Å². The van der Waals surface area contributed by atoms with E-state index in [1.165, 1.54) is 11.3 Å². The third-order valence-corrected chi connectivity index (χ3v) is 6.19. The summed E-state index contributed by atoms with van der Waals surface area (Å²) in [5.41, 5.74) is 2.29. The molecule has 1 aromatic heterocycles. The summed E-state index contributed by atoms with van der Waals surface area (Å²) in [5, 5.41) is 6.34. The fourth-order valence-electron chi connectivity index (χ4n) is 3.41. The van der Waals surface area contributed by atoms with E-state index < -0.39 is 0 Å². The second-order valence-electron chi connectivity index (χ2n) is 7.03. The fourth-order valence-corrected chi connectivity index (χ4v) is 4.69. The number of rotatable bonds is 7. The van der Waals surface area contributed by atoms with E-state index in [9.17, 15) is 9.59 Å². The molecule has 0 saturated heterocycles. The van der Waals surface area contributed by atoms with Crippen LogP contribution in [0.15, 0.2) is 24.3 Å². The number of hydrogen-bond acceptors (Lipinski definition) is 4. The Hall–Kier alpha value is -2.34. The summed E-state index contributed by atoms with van der Waals surface area (Å²) in [6.07, 6.45) is 7.36. The molecule has 0 radical (unpaired) electrons. The highest BCUT2D eigenvalue weighted by atomic mass is 32.1. The first-order valence-corrected chi connectivity index (χ1v) is 10.9. The van der Waals surface area contributed by atoms with Gasteiger partial charge in [-0.25, -0.2) is 0 Å². The number of unbranched alkanes of at least 4 members (excludes halogenated alkanes) is 1. The molecular weight excluding hydrogens is 372 g/mol. The van der Waals surface area contributed by atoms with Crippen LogP contribution in [0, 0.1) is 0 Å². The molecule has 2 aromatic rings. The molecule has 150 valence electrons. The molecule has 0 saturated carbocycles. The number of benzene rings is 1. The number of carbonyl (C=O) groups is 2. The highest BCUT2D eigenvalue weighted by Gasteiger charge is 2.25. The lowest BCUT2D eigenvalue weighted by Crippen LogP contribution is -2.21. The lowest BCUT2D eigenvalue weighted by Gasteiger charge is -2.09. The maximum atomic E-state index is 12.8. The number of amides is 2. The number of carbonyl (C=O) groups excluding carboxylic acids is 2. The Kier molecular flexibility index (Phi) is 7.09. The molecule has 0 unspecified atom stereocenters. The smallest absolute Gasteiger partial charge is 0.256 e. The quantitative estimate of drug-likeness (QED) is 0.518. The Balaban J connectivity index is 1.77. The van der Waals surface area contributed by atoms with Crippen molar-refractivity contribution in [2.75, 3.05) is 19.0 Å².